The van der Waals surface area contributed by atoms with Crippen molar-refractivity contribution in [1.29, 1.82) is 0 Å². The van der Waals surface area contributed by atoms with Crippen molar-refractivity contribution in [3.05, 3.63) is 58.9 Å². The summed E-state index contributed by atoms with van der Waals surface area (Å²) in [6.45, 7) is 4.39. The van der Waals surface area contributed by atoms with Crippen LogP contribution in [0.2, 0.25) is 0 Å². The van der Waals surface area contributed by atoms with E-state index in [1.54, 1.807) is 13.0 Å². The van der Waals surface area contributed by atoms with Crippen LogP contribution in [0.3, 0.4) is 0 Å². The molecular formula is C24H26F6N2O2. The van der Waals surface area contributed by atoms with Gasteiger partial charge < -0.3 is 15.0 Å². The number of hydrogen-bond donors (Lipinski definition) is 1. The summed E-state index contributed by atoms with van der Waals surface area (Å²) in [5, 5.41) is 2.26. The number of nitrogens with zero attached hydrogens (tertiary/aromatic N) is 1. The van der Waals surface area contributed by atoms with Gasteiger partial charge in [0.1, 0.15) is 17.5 Å². The third kappa shape index (κ3) is 6.02. The summed E-state index contributed by atoms with van der Waals surface area (Å²) in [6.07, 6.45) is -5.56. The van der Waals surface area contributed by atoms with E-state index in [0.717, 1.165) is 19.9 Å². The lowest BCUT2D eigenvalue weighted by molar-refractivity contribution is -0.213. The van der Waals surface area contributed by atoms with Gasteiger partial charge in [0, 0.05) is 31.3 Å². The molecule has 10 heteroatoms. The number of amides is 1. The van der Waals surface area contributed by atoms with Crippen molar-refractivity contribution in [2.45, 2.75) is 45.9 Å². The van der Waals surface area contributed by atoms with Gasteiger partial charge in [-0.25, -0.2) is 13.2 Å². The maximum absolute atomic E-state index is 14.8. The molecule has 2 aromatic carbocycles. The first-order valence-corrected chi connectivity index (χ1v) is 10.8. The molecule has 1 heterocycles. The average molecular weight is 488 g/mol. The lowest BCUT2D eigenvalue weighted by atomic mass is 9.88. The molecule has 1 atom stereocenters. The normalized spacial score (nSPS) is 17.4. The molecule has 3 rings (SSSR count). The number of halogens is 6. The SMILES string of the molecule is Cc1cc(N2CCO[C@H](c3cc(F)cc(F)c3)CC2)cc(F)c1NC(=O)CC(C)(C)C(F)(F)F. The summed E-state index contributed by atoms with van der Waals surface area (Å²) < 4.78 is 86.9. The maximum atomic E-state index is 14.8. The van der Waals surface area contributed by atoms with Gasteiger partial charge in [0.25, 0.3) is 0 Å². The van der Waals surface area contributed by atoms with E-state index in [9.17, 15) is 31.1 Å². The van der Waals surface area contributed by atoms with Gasteiger partial charge in [-0.2, -0.15) is 13.2 Å². The molecule has 2 aromatic rings. The molecule has 1 N–H and O–H groups in total. The van der Waals surface area contributed by atoms with Crippen LogP contribution in [0.4, 0.5) is 37.7 Å². The number of hydrogen-bond acceptors (Lipinski definition) is 3. The molecule has 186 valence electrons. The van der Waals surface area contributed by atoms with Crippen molar-refractivity contribution >= 4 is 17.3 Å². The van der Waals surface area contributed by atoms with Crippen LogP contribution in [-0.2, 0) is 9.53 Å². The van der Waals surface area contributed by atoms with E-state index in [1.165, 1.54) is 18.2 Å². The fourth-order valence-electron chi connectivity index (χ4n) is 3.81. The number of carbonyl (C=O) groups is 1. The minimum Gasteiger partial charge on any atom is -0.372 e. The molecule has 1 amide bonds. The average Bonchev–Trinajstić information content (AvgIpc) is 2.95. The number of alkyl halides is 3. The summed E-state index contributed by atoms with van der Waals surface area (Å²) in [7, 11) is 0. The smallest absolute Gasteiger partial charge is 0.372 e. The Kier molecular flexibility index (Phi) is 7.50. The number of aryl methyl sites for hydroxylation is 1. The molecule has 1 fully saturated rings. The number of rotatable bonds is 5. The Morgan fingerprint density at radius 1 is 1.06 bits per heavy atom. The molecule has 34 heavy (non-hydrogen) atoms. The van der Waals surface area contributed by atoms with Gasteiger partial charge >= 0.3 is 6.18 Å². The number of anilines is 2. The molecule has 1 saturated heterocycles. The predicted molar refractivity (Wildman–Crippen MR) is 116 cm³/mol. The van der Waals surface area contributed by atoms with Crippen LogP contribution in [0, 0.1) is 29.8 Å². The van der Waals surface area contributed by atoms with Crippen LogP contribution in [0.5, 0.6) is 0 Å². The van der Waals surface area contributed by atoms with E-state index >= 15 is 0 Å². The molecule has 0 radical (unpaired) electrons. The quantitative estimate of drug-likeness (QED) is 0.503. The van der Waals surface area contributed by atoms with Crippen molar-refractivity contribution < 1.29 is 35.9 Å². The highest BCUT2D eigenvalue weighted by molar-refractivity contribution is 5.92. The monoisotopic (exact) mass is 488 g/mol. The predicted octanol–water partition coefficient (Wildman–Crippen LogP) is 6.30. The first-order valence-electron chi connectivity index (χ1n) is 10.8. The minimum absolute atomic E-state index is 0.175. The molecule has 0 unspecified atom stereocenters. The molecule has 1 aliphatic rings. The second-order valence-corrected chi connectivity index (χ2v) is 9.06. The lowest BCUT2D eigenvalue weighted by Gasteiger charge is -2.27. The van der Waals surface area contributed by atoms with Gasteiger partial charge in [-0.1, -0.05) is 13.8 Å². The van der Waals surface area contributed by atoms with Crippen molar-refractivity contribution in [3.8, 4) is 0 Å². The third-order valence-electron chi connectivity index (χ3n) is 5.87. The Morgan fingerprint density at radius 2 is 1.71 bits per heavy atom. The summed E-state index contributed by atoms with van der Waals surface area (Å²) >= 11 is 0. The zero-order chi connectivity index (χ0) is 25.3. The number of benzene rings is 2. The highest BCUT2D eigenvalue weighted by Crippen LogP contribution is 2.40. The molecule has 0 aliphatic carbocycles. The third-order valence-corrected chi connectivity index (χ3v) is 5.87. The molecule has 1 aliphatic heterocycles. The second-order valence-electron chi connectivity index (χ2n) is 9.06. The van der Waals surface area contributed by atoms with Crippen LogP contribution >= 0.6 is 0 Å². The molecule has 0 spiro atoms. The van der Waals surface area contributed by atoms with Crippen LogP contribution in [-0.4, -0.2) is 31.8 Å². The van der Waals surface area contributed by atoms with E-state index < -0.39 is 47.5 Å². The summed E-state index contributed by atoms with van der Waals surface area (Å²) in [5.74, 6) is -3.12. The lowest BCUT2D eigenvalue weighted by Crippen LogP contribution is -2.36. The van der Waals surface area contributed by atoms with Gasteiger partial charge in [-0.05, 0) is 48.7 Å². The van der Waals surface area contributed by atoms with Gasteiger partial charge in [-0.15, -0.1) is 0 Å². The Hall–Kier alpha value is -2.75. The fraction of sp³-hybridized carbons (Fsp3) is 0.458. The summed E-state index contributed by atoms with van der Waals surface area (Å²) in [5.41, 5.74) is -1.21. The topological polar surface area (TPSA) is 41.6 Å². The number of carbonyl (C=O) groups excluding carboxylic acids is 1. The van der Waals surface area contributed by atoms with Crippen molar-refractivity contribution in [2.75, 3.05) is 29.9 Å². The van der Waals surface area contributed by atoms with Crippen molar-refractivity contribution in [2.24, 2.45) is 5.41 Å². The number of nitrogens with one attached hydrogen (secondary N) is 1. The molecule has 0 aromatic heterocycles. The van der Waals surface area contributed by atoms with E-state index in [1.807, 2.05) is 4.90 Å². The highest BCUT2D eigenvalue weighted by Gasteiger charge is 2.48. The van der Waals surface area contributed by atoms with E-state index in [4.69, 9.17) is 4.74 Å². The van der Waals surface area contributed by atoms with E-state index in [-0.39, 0.29) is 12.3 Å². The van der Waals surface area contributed by atoms with Crippen LogP contribution < -0.4 is 10.2 Å². The molecule has 0 saturated carbocycles. The first-order chi connectivity index (χ1) is 15.8. The Morgan fingerprint density at radius 3 is 2.29 bits per heavy atom. The minimum atomic E-state index is -4.58. The standard InChI is InChI=1S/C24H26F6N2O2/c1-14-8-18(12-19(27)22(14)31-21(33)13-23(2,3)24(28,29)30)32-5-4-20(34-7-6-32)15-9-16(25)11-17(26)10-15/h8-12,20H,4-7,13H2,1-3H3,(H,31,33)/t20-/m0/s1. The Balaban J connectivity index is 1.71. The van der Waals surface area contributed by atoms with Crippen LogP contribution in [0.1, 0.15) is 43.9 Å². The second kappa shape index (κ2) is 9.85. The van der Waals surface area contributed by atoms with Gasteiger partial charge in [0.2, 0.25) is 5.91 Å². The Labute approximate surface area is 193 Å². The van der Waals surface area contributed by atoms with E-state index in [0.29, 0.717) is 36.3 Å². The number of ether oxygens (including phenoxy) is 1. The van der Waals surface area contributed by atoms with Crippen molar-refractivity contribution in [1.82, 2.24) is 0 Å². The van der Waals surface area contributed by atoms with Crippen LogP contribution in [0.15, 0.2) is 30.3 Å². The molecule has 0 bridgehead atoms. The highest BCUT2D eigenvalue weighted by atomic mass is 19.4. The van der Waals surface area contributed by atoms with Gasteiger partial charge in [0.05, 0.1) is 23.8 Å². The van der Waals surface area contributed by atoms with Crippen LogP contribution in [0.25, 0.3) is 0 Å². The Bertz CT molecular complexity index is 1010. The van der Waals surface area contributed by atoms with E-state index in [2.05, 4.69) is 5.32 Å². The zero-order valence-corrected chi connectivity index (χ0v) is 19.0. The van der Waals surface area contributed by atoms with Crippen molar-refractivity contribution in [3.63, 3.8) is 0 Å². The van der Waals surface area contributed by atoms with Gasteiger partial charge in [0.15, 0.2) is 0 Å². The molecule has 4 nitrogen and oxygen atoms in total. The fourth-order valence-corrected chi connectivity index (χ4v) is 3.81. The molecular weight excluding hydrogens is 462 g/mol. The largest absolute Gasteiger partial charge is 0.394 e. The van der Waals surface area contributed by atoms with Gasteiger partial charge in [-0.3, -0.25) is 4.79 Å². The first kappa shape index (κ1) is 25.9. The maximum Gasteiger partial charge on any atom is 0.394 e. The summed E-state index contributed by atoms with van der Waals surface area (Å²) in [4.78, 5) is 14.0. The zero-order valence-electron chi connectivity index (χ0n) is 19.0. The summed E-state index contributed by atoms with van der Waals surface area (Å²) in [6, 6.07) is 6.02.